The fourth-order valence-corrected chi connectivity index (χ4v) is 9.80. The molecule has 30 heavy (non-hydrogen) atoms. The summed E-state index contributed by atoms with van der Waals surface area (Å²) in [5.41, 5.74) is 1.53. The maximum absolute atomic E-state index is 12.6. The first-order valence-corrected chi connectivity index (χ1v) is 16.5. The molecule has 0 atom stereocenters. The molecule has 0 heterocycles. The third-order valence-electron chi connectivity index (χ3n) is 4.50. The van der Waals surface area contributed by atoms with E-state index in [9.17, 15) is 9.59 Å². The van der Waals surface area contributed by atoms with Gasteiger partial charge in [-0.15, -0.1) is 0 Å². The van der Waals surface area contributed by atoms with E-state index in [-0.39, 0.29) is 38.1 Å². The molecule has 2 rings (SSSR count). The van der Waals surface area contributed by atoms with E-state index in [0.717, 1.165) is 32.9 Å². The topological polar surface area (TPSA) is 58.2 Å². The Hall–Kier alpha value is -1.58. The van der Waals surface area contributed by atoms with Crippen molar-refractivity contribution in [2.24, 2.45) is 11.8 Å². The summed E-state index contributed by atoms with van der Waals surface area (Å²) in [6.07, 6.45) is 1.95. The van der Waals surface area contributed by atoms with Gasteiger partial charge in [-0.3, -0.25) is 0 Å². The van der Waals surface area contributed by atoms with Gasteiger partial charge < -0.3 is 0 Å². The van der Waals surface area contributed by atoms with Crippen molar-refractivity contribution < 1.29 is 9.59 Å². The molecule has 0 radical (unpaired) electrons. The van der Waals surface area contributed by atoms with Gasteiger partial charge in [0, 0.05) is 0 Å². The van der Waals surface area contributed by atoms with Gasteiger partial charge in [0.2, 0.25) is 0 Å². The first kappa shape index (κ1) is 24.7. The molecule has 0 aromatic heterocycles. The molecule has 162 valence electrons. The second kappa shape index (κ2) is 13.0. The zero-order valence-corrected chi connectivity index (χ0v) is 21.7. The Bertz CT molecular complexity index is 768. The minimum absolute atomic E-state index is 0.00337. The molecule has 2 aromatic carbocycles. The summed E-state index contributed by atoms with van der Waals surface area (Å²) in [5.74, 6) is 1.14. The number of carbonyl (C=O) groups excluding carboxylic acids is 2. The summed E-state index contributed by atoms with van der Waals surface area (Å²) in [4.78, 5) is 25.3. The van der Waals surface area contributed by atoms with Gasteiger partial charge in [0.05, 0.1) is 0 Å². The number of hydrogen-bond acceptors (Lipinski definition) is 2. The number of nitrogens with one attached hydrogen (secondary N) is 2. The summed E-state index contributed by atoms with van der Waals surface area (Å²) >= 11 is 0.237. The van der Waals surface area contributed by atoms with Gasteiger partial charge in [0.25, 0.3) is 0 Å². The van der Waals surface area contributed by atoms with Crippen molar-refractivity contribution in [2.45, 2.75) is 40.5 Å². The summed E-state index contributed by atoms with van der Waals surface area (Å²) in [6.45, 7) is 10.0. The summed E-state index contributed by atoms with van der Waals surface area (Å²) < 4.78 is 2.20. The van der Waals surface area contributed by atoms with Crippen LogP contribution in [0.25, 0.3) is 0 Å². The van der Waals surface area contributed by atoms with Crippen molar-refractivity contribution >= 4 is 47.0 Å². The van der Waals surface area contributed by atoms with Gasteiger partial charge in [-0.2, -0.15) is 0 Å². The number of benzene rings is 2. The number of amides is 2. The van der Waals surface area contributed by atoms with Crippen molar-refractivity contribution in [3.05, 3.63) is 59.7 Å². The van der Waals surface area contributed by atoms with Gasteiger partial charge in [-0.1, -0.05) is 0 Å². The van der Waals surface area contributed by atoms with E-state index in [1.54, 1.807) is 0 Å². The van der Waals surface area contributed by atoms with Gasteiger partial charge in [-0.05, 0) is 0 Å². The fourth-order valence-electron chi connectivity index (χ4n) is 2.68. The summed E-state index contributed by atoms with van der Waals surface area (Å²) in [6, 6.07) is 15.7. The van der Waals surface area contributed by atoms with Crippen LogP contribution < -0.4 is 19.6 Å². The first-order valence-electron chi connectivity index (χ1n) is 10.5. The minimum atomic E-state index is 0.00337. The van der Waals surface area contributed by atoms with Crippen LogP contribution in [0.5, 0.6) is 0 Å². The van der Waals surface area contributed by atoms with Crippen molar-refractivity contribution in [3.63, 3.8) is 0 Å². The predicted molar refractivity (Wildman–Crippen MR) is 127 cm³/mol. The average molecular weight is 538 g/mol. The third-order valence-corrected chi connectivity index (χ3v) is 11.7. The Morgan fingerprint density at radius 3 is 1.43 bits per heavy atom. The molecule has 0 spiro atoms. The van der Waals surface area contributed by atoms with E-state index >= 15 is 0 Å². The summed E-state index contributed by atoms with van der Waals surface area (Å²) in [7, 11) is 0. The van der Waals surface area contributed by atoms with Crippen molar-refractivity contribution in [1.82, 2.24) is 10.6 Å². The first-order chi connectivity index (χ1) is 14.4. The van der Waals surface area contributed by atoms with Crippen LogP contribution in [0.4, 0.5) is 0 Å². The standard InChI is InChI=1S/C24H32N2O2Se2/c1-17(2)13-15-25-23(27)19-9-5-7-11-21(19)29-30-22-12-8-6-10-20(22)24(28)26-16-14-18(3)4/h5-12,17-18H,13-16H2,1-4H3,(H,25,27)(H,26,28). The van der Waals surface area contributed by atoms with Crippen LogP contribution in [0.3, 0.4) is 0 Å². The van der Waals surface area contributed by atoms with Crippen LogP contribution in [-0.2, 0) is 0 Å². The number of carbonyl (C=O) groups is 2. The van der Waals surface area contributed by atoms with Crippen LogP contribution in [-0.4, -0.2) is 51.2 Å². The van der Waals surface area contributed by atoms with E-state index < -0.39 is 0 Å². The molecular formula is C24H32N2O2Se2. The Labute approximate surface area is 191 Å². The zero-order valence-electron chi connectivity index (χ0n) is 18.2. The molecule has 0 unspecified atom stereocenters. The SMILES string of the molecule is CC(C)CCNC(=O)c1ccccc1[Se][Se]c1ccccc1C(=O)NCCC(C)C. The molecule has 0 aliphatic carbocycles. The van der Waals surface area contributed by atoms with Crippen LogP contribution in [0.1, 0.15) is 61.3 Å². The quantitative estimate of drug-likeness (QED) is 0.433. The molecule has 2 N–H and O–H groups in total. The van der Waals surface area contributed by atoms with E-state index in [2.05, 4.69) is 38.3 Å². The number of hydrogen-bond donors (Lipinski definition) is 2. The monoisotopic (exact) mass is 540 g/mol. The van der Waals surface area contributed by atoms with Crippen LogP contribution in [0.2, 0.25) is 0 Å². The normalized spacial score (nSPS) is 11.0. The van der Waals surface area contributed by atoms with E-state index in [4.69, 9.17) is 0 Å². The third kappa shape index (κ3) is 8.27. The molecule has 0 fully saturated rings. The zero-order chi connectivity index (χ0) is 21.9. The molecule has 2 amide bonds. The van der Waals surface area contributed by atoms with Crippen molar-refractivity contribution in [2.75, 3.05) is 13.1 Å². The average Bonchev–Trinajstić information content (AvgIpc) is 2.72. The van der Waals surface area contributed by atoms with E-state index in [1.165, 1.54) is 0 Å². The van der Waals surface area contributed by atoms with Gasteiger partial charge in [0.1, 0.15) is 0 Å². The van der Waals surface area contributed by atoms with Crippen molar-refractivity contribution in [3.8, 4) is 0 Å². The molecule has 2 aromatic rings. The number of rotatable bonds is 11. The molecule has 0 saturated carbocycles. The molecule has 0 aliphatic heterocycles. The molecule has 0 bridgehead atoms. The molecule has 6 heteroatoms. The Kier molecular flexibility index (Phi) is 10.7. The Morgan fingerprint density at radius 2 is 1.07 bits per heavy atom. The molecule has 0 saturated heterocycles. The second-order valence-corrected chi connectivity index (χ2v) is 14.2. The van der Waals surface area contributed by atoms with Gasteiger partial charge in [0.15, 0.2) is 0 Å². The van der Waals surface area contributed by atoms with Crippen LogP contribution in [0.15, 0.2) is 48.5 Å². The Morgan fingerprint density at radius 1 is 0.700 bits per heavy atom. The predicted octanol–water partition coefficient (Wildman–Crippen LogP) is 2.51. The van der Waals surface area contributed by atoms with E-state index in [0.29, 0.717) is 24.9 Å². The van der Waals surface area contributed by atoms with Crippen molar-refractivity contribution in [1.29, 1.82) is 0 Å². The molecule has 0 aliphatic rings. The fraction of sp³-hybridized carbons (Fsp3) is 0.417. The molecule has 4 nitrogen and oxygen atoms in total. The Balaban J connectivity index is 2.04. The summed E-state index contributed by atoms with van der Waals surface area (Å²) in [5, 5.41) is 6.09. The van der Waals surface area contributed by atoms with E-state index in [1.807, 2.05) is 48.5 Å². The van der Waals surface area contributed by atoms with Gasteiger partial charge >= 0.3 is 192 Å². The van der Waals surface area contributed by atoms with Crippen LogP contribution in [0, 0.1) is 11.8 Å². The van der Waals surface area contributed by atoms with Crippen LogP contribution >= 0.6 is 0 Å². The maximum atomic E-state index is 12.6. The van der Waals surface area contributed by atoms with Gasteiger partial charge in [-0.25, -0.2) is 0 Å². The molecular weight excluding hydrogens is 506 g/mol. The second-order valence-electron chi connectivity index (χ2n) is 8.04.